The van der Waals surface area contributed by atoms with Crippen LogP contribution in [0.4, 0.5) is 5.69 Å². The minimum absolute atomic E-state index is 0.0703. The molecule has 4 rings (SSSR count). The maximum absolute atomic E-state index is 13.2. The molecule has 0 aliphatic carbocycles. The van der Waals surface area contributed by atoms with Gasteiger partial charge in [0.25, 0.3) is 15.9 Å². The number of rotatable bonds is 8. The molecule has 194 valence electrons. The van der Waals surface area contributed by atoms with Gasteiger partial charge in [-0.25, -0.2) is 0 Å². The van der Waals surface area contributed by atoms with E-state index in [-0.39, 0.29) is 23.3 Å². The summed E-state index contributed by atoms with van der Waals surface area (Å²) in [5.41, 5.74) is 16.0. The van der Waals surface area contributed by atoms with Crippen LogP contribution >= 0.6 is 0 Å². The summed E-state index contributed by atoms with van der Waals surface area (Å²) in [6.07, 6.45) is 0. The summed E-state index contributed by atoms with van der Waals surface area (Å²) in [6, 6.07) is 30.0. The Kier molecular flexibility index (Phi) is 7.87. The normalized spacial score (nSPS) is 11.2. The van der Waals surface area contributed by atoms with Crippen molar-refractivity contribution in [3.63, 3.8) is 0 Å². The van der Waals surface area contributed by atoms with E-state index in [2.05, 4.69) is 47.8 Å². The molecule has 1 heterocycles. The van der Waals surface area contributed by atoms with Crippen LogP contribution in [0.25, 0.3) is 22.4 Å². The van der Waals surface area contributed by atoms with Gasteiger partial charge in [-0.1, -0.05) is 62.4 Å². The van der Waals surface area contributed by atoms with E-state index in [0.717, 1.165) is 28.1 Å². The van der Waals surface area contributed by atoms with E-state index < -0.39 is 16.0 Å². The summed E-state index contributed by atoms with van der Waals surface area (Å²) in [5.74, 6) is -0.650. The largest absolute Gasteiger partial charge is 0.369 e. The first-order valence-corrected chi connectivity index (χ1v) is 13.5. The highest BCUT2D eigenvalue weighted by Crippen LogP contribution is 2.27. The Morgan fingerprint density at radius 2 is 1.42 bits per heavy atom. The molecule has 0 bridgehead atoms. The summed E-state index contributed by atoms with van der Waals surface area (Å²) in [6.45, 7) is 4.27. The summed E-state index contributed by atoms with van der Waals surface area (Å²) >= 11 is 0. The first kappa shape index (κ1) is 26.6. The number of aromatic nitrogens is 1. The highest BCUT2D eigenvalue weighted by molar-refractivity contribution is 7.90. The molecule has 0 fully saturated rings. The zero-order valence-electron chi connectivity index (χ0n) is 21.2. The molecule has 1 aromatic heterocycles. The molecule has 3 aromatic carbocycles. The van der Waals surface area contributed by atoms with Gasteiger partial charge in [-0.15, -0.1) is 4.40 Å². The number of nitrogens with one attached hydrogen (secondary N) is 1. The van der Waals surface area contributed by atoms with Crippen molar-refractivity contribution in [2.24, 2.45) is 15.9 Å². The zero-order chi connectivity index (χ0) is 27.3. The highest BCUT2D eigenvalue weighted by Gasteiger charge is 2.26. The molecule has 0 aliphatic rings. The molecule has 1 amide bonds. The van der Waals surface area contributed by atoms with Crippen molar-refractivity contribution in [1.29, 1.82) is 0 Å². The van der Waals surface area contributed by atoms with Crippen LogP contribution in [0, 0.1) is 0 Å². The Morgan fingerprint density at radius 3 is 1.97 bits per heavy atom. The molecule has 9 heteroatoms. The van der Waals surface area contributed by atoms with Crippen molar-refractivity contribution in [3.05, 3.63) is 103 Å². The van der Waals surface area contributed by atoms with Crippen molar-refractivity contribution in [3.8, 4) is 22.4 Å². The number of carbonyl (C=O) groups excluding carboxylic acids is 1. The van der Waals surface area contributed by atoms with Gasteiger partial charge in [0.05, 0.1) is 4.90 Å². The van der Waals surface area contributed by atoms with E-state index >= 15 is 0 Å². The van der Waals surface area contributed by atoms with Gasteiger partial charge in [0.2, 0.25) is 18.2 Å². The number of hydrogen-bond donors (Lipinski definition) is 3. The predicted octanol–water partition coefficient (Wildman–Crippen LogP) is 4.03. The Morgan fingerprint density at radius 1 is 0.842 bits per heavy atom. The molecule has 0 saturated carbocycles. The van der Waals surface area contributed by atoms with Crippen molar-refractivity contribution >= 4 is 27.6 Å². The standard InChI is InChI=1S/C29H29N5O3S/c1-20(2)26-17-23(21-9-5-3-6-10-21)18-27(22-11-7-4-8-12-22)34(26)19-28(35)32-24-13-15-25(16-14-24)38(36,37)33-29(30)31/h3-18,20H,19H2,1-2H3,(H4-,30,31,32,33,35)/p+1. The Balaban J connectivity index is 1.68. The van der Waals surface area contributed by atoms with Gasteiger partial charge in [0, 0.05) is 29.3 Å². The minimum Gasteiger partial charge on any atom is -0.369 e. The van der Waals surface area contributed by atoms with Gasteiger partial charge in [0.15, 0.2) is 5.69 Å². The Labute approximate surface area is 222 Å². The molecule has 0 aliphatic heterocycles. The summed E-state index contributed by atoms with van der Waals surface area (Å²) < 4.78 is 29.7. The number of nitrogens with zero attached hydrogens (tertiary/aromatic N) is 2. The number of benzene rings is 3. The third-order valence-electron chi connectivity index (χ3n) is 5.93. The number of anilines is 1. The van der Waals surface area contributed by atoms with Gasteiger partial charge in [-0.05, 0) is 47.5 Å². The Bertz CT molecular complexity index is 1560. The second-order valence-electron chi connectivity index (χ2n) is 9.09. The van der Waals surface area contributed by atoms with E-state index in [1.807, 2.05) is 53.1 Å². The molecule has 4 aromatic rings. The number of carbonyl (C=O) groups is 1. The monoisotopic (exact) mass is 528 g/mol. The lowest BCUT2D eigenvalue weighted by Crippen LogP contribution is -2.46. The van der Waals surface area contributed by atoms with E-state index in [1.54, 1.807) is 0 Å². The lowest BCUT2D eigenvalue weighted by atomic mass is 9.98. The molecule has 0 spiro atoms. The average molecular weight is 529 g/mol. The lowest BCUT2D eigenvalue weighted by molar-refractivity contribution is -0.681. The predicted molar refractivity (Wildman–Crippen MR) is 150 cm³/mol. The second-order valence-corrected chi connectivity index (χ2v) is 10.7. The van der Waals surface area contributed by atoms with Crippen LogP contribution in [0.1, 0.15) is 25.5 Å². The maximum atomic E-state index is 13.2. The Hall–Kier alpha value is -4.50. The van der Waals surface area contributed by atoms with Crippen molar-refractivity contribution < 1.29 is 17.8 Å². The van der Waals surface area contributed by atoms with Crippen LogP contribution in [0.15, 0.2) is 106 Å². The molecule has 38 heavy (non-hydrogen) atoms. The molecule has 0 saturated heterocycles. The van der Waals surface area contributed by atoms with E-state index in [1.165, 1.54) is 24.3 Å². The fourth-order valence-corrected chi connectivity index (χ4v) is 5.05. The molecular weight excluding hydrogens is 498 g/mol. The molecule has 0 radical (unpaired) electrons. The quantitative estimate of drug-likeness (QED) is 0.180. The number of pyridine rings is 1. The first-order chi connectivity index (χ1) is 18.1. The average Bonchev–Trinajstić information content (AvgIpc) is 2.89. The lowest BCUT2D eigenvalue weighted by Gasteiger charge is -2.14. The SMILES string of the molecule is CC(C)c1cc(-c2ccccc2)cc(-c2ccccc2)[n+]1CC(=O)Nc1ccc(S(=O)(=O)N=C(N)N)cc1. The highest BCUT2D eigenvalue weighted by atomic mass is 32.2. The van der Waals surface area contributed by atoms with Crippen LogP contribution in [0.2, 0.25) is 0 Å². The number of nitrogens with two attached hydrogens (primary N) is 2. The molecule has 0 unspecified atom stereocenters. The minimum atomic E-state index is -4.01. The fourth-order valence-electron chi connectivity index (χ4n) is 4.19. The third-order valence-corrected chi connectivity index (χ3v) is 7.25. The van der Waals surface area contributed by atoms with Crippen LogP contribution in [0.5, 0.6) is 0 Å². The van der Waals surface area contributed by atoms with Crippen molar-refractivity contribution in [2.45, 2.75) is 31.2 Å². The number of guanidine groups is 1. The van der Waals surface area contributed by atoms with Gasteiger partial charge in [-0.3, -0.25) is 4.79 Å². The molecule has 0 atom stereocenters. The summed E-state index contributed by atoms with van der Waals surface area (Å²) in [4.78, 5) is 13.1. The van der Waals surface area contributed by atoms with Crippen molar-refractivity contribution in [1.82, 2.24) is 0 Å². The van der Waals surface area contributed by atoms with Crippen molar-refractivity contribution in [2.75, 3.05) is 5.32 Å². The molecule has 8 nitrogen and oxygen atoms in total. The van der Waals surface area contributed by atoms with Crippen LogP contribution in [0.3, 0.4) is 0 Å². The van der Waals surface area contributed by atoms with Gasteiger partial charge in [-0.2, -0.15) is 13.0 Å². The molecule has 5 N–H and O–H groups in total. The number of amides is 1. The summed E-state index contributed by atoms with van der Waals surface area (Å²) in [5, 5.41) is 2.86. The number of sulfonamides is 1. The van der Waals surface area contributed by atoms with Gasteiger partial charge < -0.3 is 16.8 Å². The van der Waals surface area contributed by atoms with E-state index in [4.69, 9.17) is 11.5 Å². The summed E-state index contributed by atoms with van der Waals surface area (Å²) in [7, 11) is -4.01. The van der Waals surface area contributed by atoms with Gasteiger partial charge >= 0.3 is 0 Å². The zero-order valence-corrected chi connectivity index (χ0v) is 22.0. The number of hydrogen-bond acceptors (Lipinski definition) is 3. The maximum Gasteiger partial charge on any atom is 0.290 e. The third kappa shape index (κ3) is 6.24. The van der Waals surface area contributed by atoms with E-state index in [9.17, 15) is 13.2 Å². The molecular formula is C29H30N5O3S+. The van der Waals surface area contributed by atoms with Crippen LogP contribution < -0.4 is 21.4 Å². The first-order valence-electron chi connectivity index (χ1n) is 12.1. The van der Waals surface area contributed by atoms with Gasteiger partial charge in [0.1, 0.15) is 0 Å². The second kappa shape index (κ2) is 11.3. The fraction of sp³-hybridized carbons (Fsp3) is 0.138. The smallest absolute Gasteiger partial charge is 0.290 e. The van der Waals surface area contributed by atoms with Crippen LogP contribution in [-0.2, 0) is 21.4 Å². The topological polar surface area (TPSA) is 132 Å². The van der Waals surface area contributed by atoms with E-state index in [0.29, 0.717) is 5.69 Å². The van der Waals surface area contributed by atoms with Crippen LogP contribution in [-0.4, -0.2) is 20.3 Å².